The molecular formula is C15H19Cl2N3O4. The van der Waals surface area contributed by atoms with E-state index >= 15 is 0 Å². The molecule has 9 heteroatoms. The molecule has 1 aromatic carbocycles. The minimum absolute atomic E-state index is 0.377. The Labute approximate surface area is 148 Å². The summed E-state index contributed by atoms with van der Waals surface area (Å²) in [6.07, 6.45) is -3.36. The SMILES string of the molecule is CCCNc1nc2c(Cl)cc(Cl)cc2n1[C@@H]1O[C@H](CO)[C@@H](O)[C@H]1O. The second-order valence-corrected chi connectivity index (χ2v) is 6.56. The lowest BCUT2D eigenvalue weighted by molar-refractivity contribution is -0.0499. The largest absolute Gasteiger partial charge is 0.394 e. The number of nitrogens with one attached hydrogen (secondary N) is 1. The summed E-state index contributed by atoms with van der Waals surface area (Å²) in [7, 11) is 0. The van der Waals surface area contributed by atoms with Crippen molar-refractivity contribution in [3.05, 3.63) is 22.2 Å². The molecule has 2 heterocycles. The van der Waals surface area contributed by atoms with Gasteiger partial charge in [0, 0.05) is 11.6 Å². The predicted octanol–water partition coefficient (Wildman–Crippen LogP) is 1.78. The van der Waals surface area contributed by atoms with E-state index in [-0.39, 0.29) is 0 Å². The Morgan fingerprint density at radius 1 is 1.29 bits per heavy atom. The molecule has 7 nitrogen and oxygen atoms in total. The molecule has 1 aliphatic rings. The zero-order valence-corrected chi connectivity index (χ0v) is 14.5. The summed E-state index contributed by atoms with van der Waals surface area (Å²) >= 11 is 12.3. The zero-order valence-electron chi connectivity index (χ0n) is 13.0. The molecule has 0 unspecified atom stereocenters. The van der Waals surface area contributed by atoms with Crippen molar-refractivity contribution in [2.75, 3.05) is 18.5 Å². The monoisotopic (exact) mass is 375 g/mol. The Kier molecular flexibility index (Phi) is 5.19. The first kappa shape index (κ1) is 17.7. The van der Waals surface area contributed by atoms with Crippen molar-refractivity contribution in [2.45, 2.75) is 37.9 Å². The summed E-state index contributed by atoms with van der Waals surface area (Å²) in [5.74, 6) is 0.450. The maximum atomic E-state index is 10.4. The first-order valence-corrected chi connectivity index (χ1v) is 8.46. The molecule has 0 spiro atoms. The summed E-state index contributed by atoms with van der Waals surface area (Å²) in [6, 6.07) is 3.26. The quantitative estimate of drug-likeness (QED) is 0.635. The Morgan fingerprint density at radius 2 is 2.04 bits per heavy atom. The lowest BCUT2D eigenvalue weighted by Crippen LogP contribution is -2.33. The molecule has 4 atom stereocenters. The second kappa shape index (κ2) is 7.03. The van der Waals surface area contributed by atoms with Crippen LogP contribution in [0.25, 0.3) is 11.0 Å². The first-order valence-electron chi connectivity index (χ1n) is 7.71. The van der Waals surface area contributed by atoms with Crippen molar-refractivity contribution in [3.63, 3.8) is 0 Å². The predicted molar refractivity (Wildman–Crippen MR) is 91.5 cm³/mol. The van der Waals surface area contributed by atoms with Crippen molar-refractivity contribution in [1.82, 2.24) is 9.55 Å². The molecule has 0 radical (unpaired) electrons. The molecule has 4 N–H and O–H groups in total. The number of aliphatic hydroxyl groups is 3. The van der Waals surface area contributed by atoms with Gasteiger partial charge in [0.25, 0.3) is 0 Å². The fourth-order valence-corrected chi connectivity index (χ4v) is 3.36. The van der Waals surface area contributed by atoms with Gasteiger partial charge in [0.05, 0.1) is 17.1 Å². The summed E-state index contributed by atoms with van der Waals surface area (Å²) in [4.78, 5) is 4.47. The van der Waals surface area contributed by atoms with Gasteiger partial charge < -0.3 is 25.4 Å². The Balaban J connectivity index is 2.14. The number of ether oxygens (including phenoxy) is 1. The molecular weight excluding hydrogens is 357 g/mol. The number of benzene rings is 1. The molecule has 1 fully saturated rings. The molecule has 0 bridgehead atoms. The third kappa shape index (κ3) is 2.96. The summed E-state index contributed by atoms with van der Waals surface area (Å²) in [5.41, 5.74) is 1.08. The third-order valence-electron chi connectivity index (χ3n) is 4.02. The van der Waals surface area contributed by atoms with E-state index < -0.39 is 31.1 Å². The van der Waals surface area contributed by atoms with Gasteiger partial charge in [-0.05, 0) is 18.6 Å². The Hall–Kier alpha value is -1.09. The van der Waals surface area contributed by atoms with Gasteiger partial charge in [-0.25, -0.2) is 4.98 Å². The van der Waals surface area contributed by atoms with Gasteiger partial charge in [-0.1, -0.05) is 30.1 Å². The smallest absolute Gasteiger partial charge is 0.206 e. The molecule has 1 aliphatic heterocycles. The van der Waals surface area contributed by atoms with Crippen molar-refractivity contribution in [3.8, 4) is 0 Å². The van der Waals surface area contributed by atoms with Crippen molar-refractivity contribution in [1.29, 1.82) is 0 Å². The van der Waals surface area contributed by atoms with Crippen LogP contribution in [-0.4, -0.2) is 56.3 Å². The van der Waals surface area contributed by atoms with Crippen molar-refractivity contribution >= 4 is 40.2 Å². The fraction of sp³-hybridized carbons (Fsp3) is 0.533. The van der Waals surface area contributed by atoms with Crippen LogP contribution in [-0.2, 0) is 4.74 Å². The van der Waals surface area contributed by atoms with Crippen LogP contribution in [0.4, 0.5) is 5.95 Å². The minimum atomic E-state index is -1.22. The van der Waals surface area contributed by atoms with Crippen LogP contribution in [0.3, 0.4) is 0 Å². The van der Waals surface area contributed by atoms with Gasteiger partial charge in [-0.15, -0.1) is 0 Å². The Bertz CT molecular complexity index is 739. The van der Waals surface area contributed by atoms with Crippen LogP contribution in [0.2, 0.25) is 10.0 Å². The molecule has 24 heavy (non-hydrogen) atoms. The molecule has 0 saturated carbocycles. The summed E-state index contributed by atoms with van der Waals surface area (Å²) < 4.78 is 7.25. The van der Waals surface area contributed by atoms with Crippen LogP contribution >= 0.6 is 23.2 Å². The number of rotatable bonds is 5. The van der Waals surface area contributed by atoms with E-state index in [1.807, 2.05) is 6.92 Å². The van der Waals surface area contributed by atoms with E-state index in [4.69, 9.17) is 27.9 Å². The van der Waals surface area contributed by atoms with Crippen molar-refractivity contribution < 1.29 is 20.1 Å². The van der Waals surface area contributed by atoms with Gasteiger partial charge in [0.1, 0.15) is 23.8 Å². The van der Waals surface area contributed by atoms with Crippen LogP contribution in [0.5, 0.6) is 0 Å². The van der Waals surface area contributed by atoms with Gasteiger partial charge >= 0.3 is 0 Å². The average molecular weight is 376 g/mol. The van der Waals surface area contributed by atoms with E-state index in [1.165, 1.54) is 0 Å². The minimum Gasteiger partial charge on any atom is -0.394 e. The number of imidazole rings is 1. The number of anilines is 1. The average Bonchev–Trinajstić information content (AvgIpc) is 3.04. The lowest BCUT2D eigenvalue weighted by atomic mass is 10.1. The van der Waals surface area contributed by atoms with Gasteiger partial charge in [0.2, 0.25) is 5.95 Å². The molecule has 1 saturated heterocycles. The molecule has 132 valence electrons. The summed E-state index contributed by atoms with van der Waals surface area (Å²) in [6.45, 7) is 2.26. The highest BCUT2D eigenvalue weighted by Crippen LogP contribution is 2.37. The standard InChI is InChI=1S/C15H19Cl2N3O4/c1-2-3-18-15-19-11-8(17)4-7(16)5-9(11)20(15)14-13(23)12(22)10(6-21)24-14/h4-5,10,12-14,21-23H,2-3,6H2,1H3,(H,18,19)/t10-,12-,13-,14-/m1/s1. The summed E-state index contributed by atoms with van der Waals surface area (Å²) in [5, 5.41) is 33.6. The van der Waals surface area contributed by atoms with Gasteiger partial charge in [-0.3, -0.25) is 4.57 Å². The highest BCUT2D eigenvalue weighted by molar-refractivity contribution is 6.38. The number of aliphatic hydroxyl groups excluding tert-OH is 3. The maximum absolute atomic E-state index is 10.4. The first-order chi connectivity index (χ1) is 11.5. The topological polar surface area (TPSA) is 99.8 Å². The Morgan fingerprint density at radius 3 is 2.67 bits per heavy atom. The molecule has 2 aromatic rings. The maximum Gasteiger partial charge on any atom is 0.206 e. The highest BCUT2D eigenvalue weighted by Gasteiger charge is 2.44. The molecule has 0 amide bonds. The van der Waals surface area contributed by atoms with Crippen LogP contribution in [0, 0.1) is 0 Å². The van der Waals surface area contributed by atoms with Gasteiger partial charge in [-0.2, -0.15) is 0 Å². The van der Waals surface area contributed by atoms with Crippen LogP contribution < -0.4 is 5.32 Å². The number of nitrogens with zero attached hydrogens (tertiary/aromatic N) is 2. The van der Waals surface area contributed by atoms with Crippen LogP contribution in [0.1, 0.15) is 19.6 Å². The normalized spacial score (nSPS) is 27.1. The van der Waals surface area contributed by atoms with E-state index in [0.717, 1.165) is 6.42 Å². The number of fused-ring (bicyclic) bond motifs is 1. The van der Waals surface area contributed by atoms with Crippen LogP contribution in [0.15, 0.2) is 12.1 Å². The lowest BCUT2D eigenvalue weighted by Gasteiger charge is -2.20. The number of hydrogen-bond donors (Lipinski definition) is 4. The molecule has 3 rings (SSSR count). The van der Waals surface area contributed by atoms with E-state index in [9.17, 15) is 15.3 Å². The molecule has 0 aliphatic carbocycles. The van der Waals surface area contributed by atoms with E-state index in [0.29, 0.717) is 33.6 Å². The van der Waals surface area contributed by atoms with E-state index in [2.05, 4.69) is 10.3 Å². The fourth-order valence-electron chi connectivity index (χ4n) is 2.83. The van der Waals surface area contributed by atoms with Crippen molar-refractivity contribution in [2.24, 2.45) is 0 Å². The van der Waals surface area contributed by atoms with E-state index in [1.54, 1.807) is 16.7 Å². The number of halogens is 2. The zero-order chi connectivity index (χ0) is 17.4. The second-order valence-electron chi connectivity index (χ2n) is 5.72. The van der Waals surface area contributed by atoms with Gasteiger partial charge in [0.15, 0.2) is 6.23 Å². The molecule has 1 aromatic heterocycles. The third-order valence-corrected chi connectivity index (χ3v) is 4.52. The number of hydrogen-bond acceptors (Lipinski definition) is 6. The highest BCUT2D eigenvalue weighted by atomic mass is 35.5. The number of aromatic nitrogens is 2.